The van der Waals surface area contributed by atoms with E-state index in [1.165, 1.54) is 0 Å². The highest BCUT2D eigenvalue weighted by Gasteiger charge is 2.56. The predicted molar refractivity (Wildman–Crippen MR) is 90.0 cm³/mol. The molecule has 0 aromatic heterocycles. The van der Waals surface area contributed by atoms with E-state index >= 15 is 0 Å². The smallest absolute Gasteiger partial charge is 0.0241 e. The second kappa shape index (κ2) is 5.00. The summed E-state index contributed by atoms with van der Waals surface area (Å²) in [7, 11) is 0. The summed E-state index contributed by atoms with van der Waals surface area (Å²) in [5, 5.41) is 0. The molecule has 6 rings (SSSR count). The van der Waals surface area contributed by atoms with Crippen LogP contribution in [0, 0.1) is 52.8 Å². The summed E-state index contributed by atoms with van der Waals surface area (Å²) in [5.41, 5.74) is 0.650. The first-order chi connectivity index (χ1) is 10.0. The molecule has 0 spiro atoms. The Morgan fingerprint density at radius 2 is 1.29 bits per heavy atom. The van der Waals surface area contributed by atoms with Crippen LogP contribution in [0.5, 0.6) is 0 Å². The maximum Gasteiger partial charge on any atom is -0.0241 e. The van der Waals surface area contributed by atoms with Crippen molar-refractivity contribution in [3.05, 3.63) is 0 Å². The van der Waals surface area contributed by atoms with Crippen LogP contribution < -0.4 is 0 Å². The lowest BCUT2D eigenvalue weighted by atomic mass is 9.43. The Hall–Kier alpha value is 0. The summed E-state index contributed by atoms with van der Waals surface area (Å²) < 4.78 is 0. The van der Waals surface area contributed by atoms with Crippen LogP contribution in [-0.2, 0) is 0 Å². The van der Waals surface area contributed by atoms with Gasteiger partial charge in [0.15, 0.2) is 0 Å². The lowest BCUT2D eigenvalue weighted by Crippen LogP contribution is -2.55. The Bertz CT molecular complexity index is 377. The molecule has 0 saturated heterocycles. The number of hydrogen-bond acceptors (Lipinski definition) is 0. The number of rotatable bonds is 2. The first-order valence-corrected chi connectivity index (χ1v) is 10.0. The molecule has 0 nitrogen and oxygen atoms in total. The van der Waals surface area contributed by atoms with E-state index in [0.29, 0.717) is 5.41 Å². The SMILES string of the molecule is CC1C2CCC(CC2)C1C(C)C1(C)C2CCC(CC2)C1C. The fourth-order valence-corrected chi connectivity index (χ4v) is 7.98. The number of fused-ring (bicyclic) bond motifs is 6. The maximum atomic E-state index is 2.72. The molecule has 21 heavy (non-hydrogen) atoms. The third kappa shape index (κ3) is 1.93. The first kappa shape index (κ1) is 14.6. The quantitative estimate of drug-likeness (QED) is 0.571. The van der Waals surface area contributed by atoms with Gasteiger partial charge in [0.1, 0.15) is 0 Å². The van der Waals surface area contributed by atoms with Crippen molar-refractivity contribution in [1.29, 1.82) is 0 Å². The summed E-state index contributed by atoms with van der Waals surface area (Å²) in [4.78, 5) is 0. The van der Waals surface area contributed by atoms with Crippen LogP contribution in [0.4, 0.5) is 0 Å². The molecule has 6 aliphatic rings. The molecule has 6 saturated carbocycles. The molecule has 0 N–H and O–H groups in total. The van der Waals surface area contributed by atoms with Crippen LogP contribution in [0.25, 0.3) is 0 Å². The van der Waals surface area contributed by atoms with E-state index in [-0.39, 0.29) is 0 Å². The molecule has 0 aromatic carbocycles. The lowest BCUT2D eigenvalue weighted by molar-refractivity contribution is -0.132. The largest absolute Gasteiger partial charge is 0.0620 e. The monoisotopic (exact) mass is 288 g/mol. The van der Waals surface area contributed by atoms with Gasteiger partial charge in [0, 0.05) is 0 Å². The second-order valence-corrected chi connectivity index (χ2v) is 9.67. The molecule has 0 amide bonds. The zero-order valence-corrected chi connectivity index (χ0v) is 14.8. The van der Waals surface area contributed by atoms with Gasteiger partial charge in [-0.3, -0.25) is 0 Å². The van der Waals surface area contributed by atoms with Gasteiger partial charge in [0.25, 0.3) is 0 Å². The fraction of sp³-hybridized carbons (Fsp3) is 1.00. The van der Waals surface area contributed by atoms with Gasteiger partial charge in [-0.25, -0.2) is 0 Å². The molecule has 0 heteroatoms. The summed E-state index contributed by atoms with van der Waals surface area (Å²) in [6.07, 6.45) is 12.4. The topological polar surface area (TPSA) is 0 Å². The van der Waals surface area contributed by atoms with E-state index in [0.717, 1.165) is 47.3 Å². The molecular formula is C21H36. The minimum Gasteiger partial charge on any atom is -0.0620 e. The third-order valence-electron chi connectivity index (χ3n) is 9.61. The van der Waals surface area contributed by atoms with Gasteiger partial charge in [0.05, 0.1) is 0 Å². The van der Waals surface area contributed by atoms with E-state index in [2.05, 4.69) is 27.7 Å². The van der Waals surface area contributed by atoms with E-state index in [4.69, 9.17) is 0 Å². The highest BCUT2D eigenvalue weighted by molar-refractivity contribution is 5.05. The van der Waals surface area contributed by atoms with Crippen LogP contribution in [0.2, 0.25) is 0 Å². The molecule has 0 aromatic rings. The van der Waals surface area contributed by atoms with Crippen LogP contribution in [-0.4, -0.2) is 0 Å². The van der Waals surface area contributed by atoms with Gasteiger partial charge >= 0.3 is 0 Å². The Kier molecular flexibility index (Phi) is 3.47. The van der Waals surface area contributed by atoms with Gasteiger partial charge in [-0.15, -0.1) is 0 Å². The molecule has 0 heterocycles. The molecule has 4 bridgehead atoms. The molecule has 6 aliphatic carbocycles. The average molecular weight is 289 g/mol. The summed E-state index contributed by atoms with van der Waals surface area (Å²) in [5.74, 6) is 8.24. The lowest BCUT2D eigenvalue weighted by Gasteiger charge is -2.62. The minimum absolute atomic E-state index is 0.650. The van der Waals surface area contributed by atoms with Crippen molar-refractivity contribution >= 4 is 0 Å². The van der Waals surface area contributed by atoms with E-state index in [9.17, 15) is 0 Å². The molecule has 0 aliphatic heterocycles. The molecule has 120 valence electrons. The Labute approximate surface area is 132 Å². The average Bonchev–Trinajstić information content (AvgIpc) is 2.53. The van der Waals surface area contributed by atoms with Crippen molar-refractivity contribution in [3.8, 4) is 0 Å². The molecule has 5 unspecified atom stereocenters. The Morgan fingerprint density at radius 3 is 1.81 bits per heavy atom. The van der Waals surface area contributed by atoms with Crippen molar-refractivity contribution in [1.82, 2.24) is 0 Å². The van der Waals surface area contributed by atoms with Crippen LogP contribution in [0.3, 0.4) is 0 Å². The highest BCUT2D eigenvalue weighted by atomic mass is 14.6. The molecule has 5 atom stereocenters. The van der Waals surface area contributed by atoms with E-state index < -0.39 is 0 Å². The molecular weight excluding hydrogens is 252 g/mol. The third-order valence-corrected chi connectivity index (χ3v) is 9.61. The maximum absolute atomic E-state index is 2.72. The molecule has 6 fully saturated rings. The van der Waals surface area contributed by atoms with Gasteiger partial charge in [-0.2, -0.15) is 0 Å². The van der Waals surface area contributed by atoms with Crippen LogP contribution >= 0.6 is 0 Å². The summed E-state index contributed by atoms with van der Waals surface area (Å²) >= 11 is 0. The van der Waals surface area contributed by atoms with Gasteiger partial charge < -0.3 is 0 Å². The van der Waals surface area contributed by atoms with Gasteiger partial charge in [-0.05, 0) is 104 Å². The first-order valence-electron chi connectivity index (χ1n) is 10.0. The van der Waals surface area contributed by atoms with Gasteiger partial charge in [0.2, 0.25) is 0 Å². The van der Waals surface area contributed by atoms with E-state index in [1.54, 1.807) is 51.4 Å². The van der Waals surface area contributed by atoms with Crippen molar-refractivity contribution in [2.24, 2.45) is 52.8 Å². The van der Waals surface area contributed by atoms with Crippen LogP contribution in [0.1, 0.15) is 79.1 Å². The van der Waals surface area contributed by atoms with Crippen molar-refractivity contribution in [2.75, 3.05) is 0 Å². The second-order valence-electron chi connectivity index (χ2n) is 9.67. The molecule has 0 radical (unpaired) electrons. The van der Waals surface area contributed by atoms with Crippen molar-refractivity contribution in [3.63, 3.8) is 0 Å². The standard InChI is InChI=1S/C21H36/c1-13-16-5-7-18(8-6-16)20(13)15(3)21(4)14(2)17-9-11-19(21)12-10-17/h13-20H,5-12H2,1-4H3. The summed E-state index contributed by atoms with van der Waals surface area (Å²) in [6, 6.07) is 0. The Balaban J connectivity index is 1.63. The fourth-order valence-electron chi connectivity index (χ4n) is 7.98. The normalized spacial score (nSPS) is 57.4. The van der Waals surface area contributed by atoms with Crippen molar-refractivity contribution in [2.45, 2.75) is 79.1 Å². The summed E-state index contributed by atoms with van der Waals surface area (Å²) in [6.45, 7) is 10.6. The van der Waals surface area contributed by atoms with Crippen LogP contribution in [0.15, 0.2) is 0 Å². The zero-order chi connectivity index (χ0) is 14.8. The van der Waals surface area contributed by atoms with E-state index in [1.807, 2.05) is 0 Å². The number of hydrogen-bond donors (Lipinski definition) is 0. The highest BCUT2D eigenvalue weighted by Crippen LogP contribution is 2.64. The minimum atomic E-state index is 0.650. The predicted octanol–water partition coefficient (Wildman–Crippen LogP) is 6.16. The Morgan fingerprint density at radius 1 is 0.762 bits per heavy atom. The zero-order valence-electron chi connectivity index (χ0n) is 14.8. The van der Waals surface area contributed by atoms with Crippen molar-refractivity contribution < 1.29 is 0 Å². The van der Waals surface area contributed by atoms with Gasteiger partial charge in [-0.1, -0.05) is 27.7 Å².